The largest absolute Gasteiger partial charge is 0.593 e. The summed E-state index contributed by atoms with van der Waals surface area (Å²) in [4.78, 5) is 10.5. The van der Waals surface area contributed by atoms with Crippen LogP contribution >= 0.6 is 0 Å². The third-order valence-corrected chi connectivity index (χ3v) is 1.40. The lowest BCUT2D eigenvalue weighted by Gasteiger charge is -1.93. The van der Waals surface area contributed by atoms with Crippen molar-refractivity contribution in [3.05, 3.63) is 0 Å². The molecule has 64 valence electrons. The van der Waals surface area contributed by atoms with E-state index >= 15 is 0 Å². The van der Waals surface area contributed by atoms with Gasteiger partial charge in [0.05, 0.1) is 0 Å². The fourth-order valence-electron chi connectivity index (χ4n) is 0.814. The first kappa shape index (κ1) is 10.1. The van der Waals surface area contributed by atoms with Crippen molar-refractivity contribution < 1.29 is 14.5 Å². The van der Waals surface area contributed by atoms with Gasteiger partial charge < -0.3 is 5.11 Å². The van der Waals surface area contributed by atoms with Crippen LogP contribution in [0.15, 0.2) is 0 Å². The van der Waals surface area contributed by atoms with Crippen molar-refractivity contribution in [3.63, 3.8) is 0 Å². The van der Waals surface area contributed by atoms with Gasteiger partial charge in [0.25, 0.3) is 0 Å². The van der Waals surface area contributed by atoms with Crippen LogP contribution in [0.4, 0.5) is 4.79 Å². The second kappa shape index (κ2) is 5.89. The highest BCUT2D eigenvalue weighted by Gasteiger charge is 2.12. The number of hydrogen-bond acceptors (Lipinski definition) is 1. The number of carbonyl (C=O) groups is 1. The van der Waals surface area contributed by atoms with Crippen molar-refractivity contribution >= 4 is 12.3 Å². The zero-order valence-corrected chi connectivity index (χ0v) is 7.21. The van der Waals surface area contributed by atoms with Crippen molar-refractivity contribution in [1.82, 2.24) is 0 Å². The summed E-state index contributed by atoms with van der Waals surface area (Å²) in [5.74, 6) is 0. The molecule has 0 aliphatic rings. The normalized spacial score (nSPS) is 11.6. The summed E-state index contributed by atoms with van der Waals surface area (Å²) in [5.41, 5.74) is 0. The van der Waals surface area contributed by atoms with Crippen LogP contribution in [0.1, 0.15) is 33.1 Å². The molecule has 0 aliphatic carbocycles. The molecule has 0 saturated heterocycles. The predicted octanol–water partition coefficient (Wildman–Crippen LogP) is 1.96. The van der Waals surface area contributed by atoms with Gasteiger partial charge in [0.2, 0.25) is 0 Å². The van der Waals surface area contributed by atoms with Crippen LogP contribution in [0.25, 0.3) is 0 Å². The molecule has 3 nitrogen and oxygen atoms in total. The molecule has 1 amide bonds. The Balaban J connectivity index is 3.90. The lowest BCUT2D eigenvalue weighted by molar-refractivity contribution is -0.441. The van der Waals surface area contributed by atoms with Crippen molar-refractivity contribution in [1.29, 1.82) is 0 Å². The van der Waals surface area contributed by atoms with Gasteiger partial charge in [0.1, 0.15) is 0 Å². The first-order valence-electron chi connectivity index (χ1n) is 4.05. The molecule has 0 heterocycles. The van der Waals surface area contributed by atoms with Crippen LogP contribution in [0.5, 0.6) is 0 Å². The molecule has 0 aromatic rings. The number of unbranched alkanes of at least 4 members (excludes halogenated alkanes) is 1. The zero-order chi connectivity index (χ0) is 8.69. The number of amides is 1. The molecule has 0 atom stereocenters. The van der Waals surface area contributed by atoms with Crippen molar-refractivity contribution in [2.45, 2.75) is 33.1 Å². The van der Waals surface area contributed by atoms with E-state index in [-0.39, 0.29) is 0 Å². The van der Waals surface area contributed by atoms with Gasteiger partial charge in [0, 0.05) is 12.8 Å². The summed E-state index contributed by atoms with van der Waals surface area (Å²) in [6, 6.07) is 0. The molecule has 0 spiro atoms. The van der Waals surface area contributed by atoms with Crippen LogP contribution in [0.2, 0.25) is 0 Å². The molecule has 0 aromatic heterocycles. The molecular weight excluding hydrogens is 142 g/mol. The Labute approximate surface area is 67.4 Å². The highest BCUT2D eigenvalue weighted by Crippen LogP contribution is 1.88. The van der Waals surface area contributed by atoms with E-state index in [4.69, 9.17) is 5.11 Å². The van der Waals surface area contributed by atoms with Crippen molar-refractivity contribution in [2.24, 2.45) is 0 Å². The average molecular weight is 158 g/mol. The lowest BCUT2D eigenvalue weighted by atomic mass is 10.3. The minimum Gasteiger partial charge on any atom is -0.427 e. The van der Waals surface area contributed by atoms with Crippen molar-refractivity contribution in [2.75, 3.05) is 6.54 Å². The van der Waals surface area contributed by atoms with E-state index in [2.05, 4.69) is 0 Å². The van der Waals surface area contributed by atoms with Crippen LogP contribution in [-0.2, 0) is 0 Å². The molecule has 0 saturated carbocycles. The molecule has 0 fully saturated rings. The number of nitrogens with zero attached hydrogens (tertiary/aromatic N) is 1. The first-order chi connectivity index (χ1) is 5.22. The maximum absolute atomic E-state index is 10.5. The van der Waals surface area contributed by atoms with Crippen LogP contribution in [0, 0.1) is 0 Å². The Bertz CT molecular complexity index is 152. The SMILES string of the molecule is CC/C=[N+](/CCCC)C(=O)O. The molecule has 11 heavy (non-hydrogen) atoms. The molecule has 0 bridgehead atoms. The Morgan fingerprint density at radius 2 is 2.18 bits per heavy atom. The van der Waals surface area contributed by atoms with Gasteiger partial charge in [-0.15, -0.1) is 4.58 Å². The Morgan fingerprint density at radius 3 is 2.55 bits per heavy atom. The first-order valence-corrected chi connectivity index (χ1v) is 4.05. The van der Waals surface area contributed by atoms with Gasteiger partial charge in [0.15, 0.2) is 12.8 Å². The van der Waals surface area contributed by atoms with E-state index in [1.165, 1.54) is 4.58 Å². The van der Waals surface area contributed by atoms with Gasteiger partial charge in [-0.05, 0) is 0 Å². The minimum absolute atomic E-state index is 0.625. The van der Waals surface area contributed by atoms with Gasteiger partial charge in [-0.3, -0.25) is 0 Å². The Hall–Kier alpha value is -0.860. The van der Waals surface area contributed by atoms with E-state index in [0.717, 1.165) is 19.3 Å². The Kier molecular flexibility index (Phi) is 5.43. The highest BCUT2D eigenvalue weighted by molar-refractivity contribution is 5.63. The predicted molar refractivity (Wildman–Crippen MR) is 44.4 cm³/mol. The fraction of sp³-hybridized carbons (Fsp3) is 0.750. The second-order valence-corrected chi connectivity index (χ2v) is 2.42. The van der Waals surface area contributed by atoms with E-state index in [1.807, 2.05) is 13.8 Å². The van der Waals surface area contributed by atoms with E-state index in [1.54, 1.807) is 6.21 Å². The minimum atomic E-state index is -0.847. The standard InChI is InChI=1S/C8H15NO2/c1-3-5-7-9(6-4-2)8(10)11/h6H,3-5,7H2,1-2H3/p+1/b9-6-. The van der Waals surface area contributed by atoms with Crippen LogP contribution in [-0.4, -0.2) is 28.5 Å². The fourth-order valence-corrected chi connectivity index (χ4v) is 0.814. The maximum Gasteiger partial charge on any atom is 0.593 e. The molecule has 3 heteroatoms. The van der Waals surface area contributed by atoms with Gasteiger partial charge in [-0.1, -0.05) is 20.3 Å². The number of hydrogen-bond donors (Lipinski definition) is 1. The molecule has 0 aromatic carbocycles. The highest BCUT2D eigenvalue weighted by atomic mass is 16.4. The summed E-state index contributed by atoms with van der Waals surface area (Å²) >= 11 is 0. The third kappa shape index (κ3) is 4.53. The van der Waals surface area contributed by atoms with Gasteiger partial charge in [-0.2, -0.15) is 4.79 Å². The number of rotatable bonds is 4. The maximum atomic E-state index is 10.5. The molecule has 1 N–H and O–H groups in total. The number of carboxylic acid groups (broad SMARTS) is 1. The smallest absolute Gasteiger partial charge is 0.427 e. The summed E-state index contributed by atoms with van der Waals surface area (Å²) in [5, 5.41) is 8.63. The average Bonchev–Trinajstić information content (AvgIpc) is 1.97. The van der Waals surface area contributed by atoms with Gasteiger partial charge >= 0.3 is 6.09 Å². The third-order valence-electron chi connectivity index (χ3n) is 1.40. The topological polar surface area (TPSA) is 40.3 Å². The van der Waals surface area contributed by atoms with Crippen molar-refractivity contribution in [3.8, 4) is 0 Å². The van der Waals surface area contributed by atoms with Crippen LogP contribution in [0.3, 0.4) is 0 Å². The summed E-state index contributed by atoms with van der Waals surface area (Å²) in [6.07, 6.45) is 3.60. The zero-order valence-electron chi connectivity index (χ0n) is 7.21. The monoisotopic (exact) mass is 158 g/mol. The lowest BCUT2D eigenvalue weighted by Crippen LogP contribution is -2.20. The summed E-state index contributed by atoms with van der Waals surface area (Å²) in [6.45, 7) is 4.60. The summed E-state index contributed by atoms with van der Waals surface area (Å²) < 4.78 is 1.35. The molecule has 0 rings (SSSR count). The molecule has 0 unspecified atom stereocenters. The molecule has 0 aliphatic heterocycles. The molecule has 0 radical (unpaired) electrons. The quantitative estimate of drug-likeness (QED) is 0.502. The molecular formula is C8H16NO2+. The Morgan fingerprint density at radius 1 is 1.55 bits per heavy atom. The second-order valence-electron chi connectivity index (χ2n) is 2.42. The van der Waals surface area contributed by atoms with E-state index in [9.17, 15) is 4.79 Å². The van der Waals surface area contributed by atoms with E-state index in [0.29, 0.717) is 6.54 Å². The van der Waals surface area contributed by atoms with Crippen LogP contribution < -0.4 is 0 Å². The van der Waals surface area contributed by atoms with Gasteiger partial charge in [-0.25, -0.2) is 0 Å². The van der Waals surface area contributed by atoms with E-state index < -0.39 is 6.09 Å². The summed E-state index contributed by atoms with van der Waals surface area (Å²) in [7, 11) is 0.